The highest BCUT2D eigenvalue weighted by molar-refractivity contribution is 5.92. The van der Waals surface area contributed by atoms with Crippen LogP contribution in [0.5, 0.6) is 5.75 Å². The van der Waals surface area contributed by atoms with Crippen molar-refractivity contribution in [2.75, 3.05) is 7.11 Å². The molecule has 1 aromatic carbocycles. The van der Waals surface area contributed by atoms with E-state index in [-0.39, 0.29) is 12.5 Å². The van der Waals surface area contributed by atoms with Gasteiger partial charge in [-0.05, 0) is 70.1 Å². The van der Waals surface area contributed by atoms with E-state index in [0.29, 0.717) is 12.3 Å². The zero-order valence-corrected chi connectivity index (χ0v) is 19.1. The van der Waals surface area contributed by atoms with Crippen molar-refractivity contribution in [1.29, 1.82) is 0 Å². The molecule has 0 N–H and O–H groups in total. The van der Waals surface area contributed by atoms with Crippen LogP contribution in [0.3, 0.4) is 0 Å². The van der Waals surface area contributed by atoms with Gasteiger partial charge in [-0.25, -0.2) is 9.69 Å². The number of methoxy groups -OCH3 is 1. The van der Waals surface area contributed by atoms with Gasteiger partial charge in [-0.1, -0.05) is 38.1 Å². The molecular weight excluding hydrogens is 366 g/mol. The number of unbranched alkanes of at least 4 members (excludes halogenated alkanes) is 2. The summed E-state index contributed by atoms with van der Waals surface area (Å²) < 4.78 is 10.8. The average molecular weight is 404 g/mol. The molecule has 2 amide bonds. The molecule has 0 radical (unpaired) electrons. The monoisotopic (exact) mass is 403 g/mol. The van der Waals surface area contributed by atoms with E-state index >= 15 is 0 Å². The normalized spacial score (nSPS) is 11.7. The highest BCUT2D eigenvalue weighted by Gasteiger charge is 2.27. The number of allylic oxidation sites excluding steroid dienone is 2. The number of hydrogen-bond acceptors (Lipinski definition) is 4. The SMILES string of the molecule is COc1cc(CN(C(=O)CCCC/C=C\C(C)C)C(=O)OC(C)(C)C)ccc1C. The summed E-state index contributed by atoms with van der Waals surface area (Å²) in [4.78, 5) is 26.7. The van der Waals surface area contributed by atoms with Gasteiger partial charge in [0.25, 0.3) is 0 Å². The number of amides is 2. The zero-order chi connectivity index (χ0) is 22.0. The van der Waals surface area contributed by atoms with Crippen molar-refractivity contribution in [3.63, 3.8) is 0 Å². The molecule has 5 heteroatoms. The molecule has 0 aliphatic rings. The Hall–Kier alpha value is -2.30. The van der Waals surface area contributed by atoms with Gasteiger partial charge in [0.05, 0.1) is 13.7 Å². The van der Waals surface area contributed by atoms with Gasteiger partial charge in [-0.2, -0.15) is 0 Å². The Morgan fingerprint density at radius 2 is 1.86 bits per heavy atom. The predicted octanol–water partition coefficient (Wildman–Crippen LogP) is 6.04. The van der Waals surface area contributed by atoms with Crippen LogP contribution in [0.25, 0.3) is 0 Å². The minimum atomic E-state index is -0.664. The summed E-state index contributed by atoms with van der Waals surface area (Å²) in [7, 11) is 1.61. The van der Waals surface area contributed by atoms with Gasteiger partial charge in [-0.3, -0.25) is 4.79 Å². The Balaban J connectivity index is 2.82. The van der Waals surface area contributed by atoms with Crippen molar-refractivity contribution in [2.45, 2.75) is 79.4 Å². The first kappa shape index (κ1) is 24.7. The van der Waals surface area contributed by atoms with Crippen molar-refractivity contribution < 1.29 is 19.1 Å². The van der Waals surface area contributed by atoms with Crippen LogP contribution in [0.4, 0.5) is 4.79 Å². The van der Waals surface area contributed by atoms with Gasteiger partial charge >= 0.3 is 6.09 Å². The van der Waals surface area contributed by atoms with Crippen LogP contribution in [0.1, 0.15) is 71.4 Å². The van der Waals surface area contributed by atoms with E-state index in [4.69, 9.17) is 9.47 Å². The Morgan fingerprint density at radius 3 is 2.45 bits per heavy atom. The molecule has 0 saturated heterocycles. The summed E-state index contributed by atoms with van der Waals surface area (Å²) in [6, 6.07) is 5.68. The lowest BCUT2D eigenvalue weighted by molar-refractivity contribution is -0.131. The summed E-state index contributed by atoms with van der Waals surface area (Å²) in [5, 5.41) is 0. The number of benzene rings is 1. The molecule has 0 heterocycles. The van der Waals surface area contributed by atoms with Crippen LogP contribution in [0, 0.1) is 12.8 Å². The molecule has 5 nitrogen and oxygen atoms in total. The Bertz CT molecular complexity index is 701. The second-order valence-electron chi connectivity index (χ2n) is 8.68. The maximum absolute atomic E-state index is 12.8. The van der Waals surface area contributed by atoms with Crippen LogP contribution < -0.4 is 4.74 Å². The molecule has 0 saturated carbocycles. The number of hydrogen-bond donors (Lipinski definition) is 0. The van der Waals surface area contributed by atoms with Crippen LogP contribution >= 0.6 is 0 Å². The van der Waals surface area contributed by atoms with Gasteiger partial charge in [0.15, 0.2) is 0 Å². The van der Waals surface area contributed by atoms with E-state index in [0.717, 1.165) is 36.1 Å². The molecule has 0 fully saturated rings. The van der Waals surface area contributed by atoms with Crippen LogP contribution in [0.2, 0.25) is 0 Å². The molecule has 1 aromatic rings. The second-order valence-corrected chi connectivity index (χ2v) is 8.68. The number of carbonyl (C=O) groups is 2. The van der Waals surface area contributed by atoms with E-state index in [1.54, 1.807) is 27.9 Å². The van der Waals surface area contributed by atoms with E-state index in [2.05, 4.69) is 26.0 Å². The smallest absolute Gasteiger partial charge is 0.417 e. The largest absolute Gasteiger partial charge is 0.496 e. The first-order chi connectivity index (χ1) is 13.5. The number of rotatable bonds is 9. The van der Waals surface area contributed by atoms with Crippen molar-refractivity contribution in [1.82, 2.24) is 4.90 Å². The molecule has 0 aromatic heterocycles. The number of imide groups is 1. The van der Waals surface area contributed by atoms with Gasteiger partial charge in [0, 0.05) is 6.42 Å². The summed E-state index contributed by atoms with van der Waals surface area (Å²) in [5.41, 5.74) is 1.16. The van der Waals surface area contributed by atoms with Crippen molar-refractivity contribution in [3.05, 3.63) is 41.5 Å². The Morgan fingerprint density at radius 1 is 1.17 bits per heavy atom. The summed E-state index contributed by atoms with van der Waals surface area (Å²) in [6.45, 7) is 11.8. The standard InChI is InChI=1S/C24H37NO4/c1-18(2)12-10-8-9-11-13-22(26)25(23(27)29-24(4,5)6)17-20-15-14-19(3)21(16-20)28-7/h10,12,14-16,18H,8-9,11,13,17H2,1-7H3/b12-10-. The molecule has 1 rings (SSSR count). The van der Waals surface area contributed by atoms with Crippen LogP contribution in [-0.4, -0.2) is 29.6 Å². The highest BCUT2D eigenvalue weighted by atomic mass is 16.6. The molecular formula is C24H37NO4. The summed E-state index contributed by atoms with van der Waals surface area (Å²) in [5.74, 6) is 1.05. The minimum Gasteiger partial charge on any atom is -0.496 e. The van der Waals surface area contributed by atoms with Crippen molar-refractivity contribution in [3.8, 4) is 5.75 Å². The number of aryl methyl sites for hydroxylation is 1. The molecule has 0 bridgehead atoms. The zero-order valence-electron chi connectivity index (χ0n) is 19.1. The van der Waals surface area contributed by atoms with Crippen LogP contribution in [-0.2, 0) is 16.1 Å². The fourth-order valence-electron chi connectivity index (χ4n) is 2.76. The molecule has 29 heavy (non-hydrogen) atoms. The van der Waals surface area contributed by atoms with Crippen LogP contribution in [0.15, 0.2) is 30.4 Å². The predicted molar refractivity (Wildman–Crippen MR) is 117 cm³/mol. The Labute approximate surface area is 176 Å². The summed E-state index contributed by atoms with van der Waals surface area (Å²) in [6.07, 6.45) is 6.61. The number of ether oxygens (including phenoxy) is 2. The molecule has 0 aliphatic carbocycles. The third-order valence-electron chi connectivity index (χ3n) is 4.26. The number of carbonyl (C=O) groups excluding carboxylic acids is 2. The van der Waals surface area contributed by atoms with Gasteiger partial charge in [0.1, 0.15) is 11.4 Å². The lowest BCUT2D eigenvalue weighted by Crippen LogP contribution is -2.40. The number of nitrogens with zero attached hydrogens (tertiary/aromatic N) is 1. The third-order valence-corrected chi connectivity index (χ3v) is 4.26. The lowest BCUT2D eigenvalue weighted by atomic mass is 10.1. The fourth-order valence-corrected chi connectivity index (χ4v) is 2.76. The van der Waals surface area contributed by atoms with Gasteiger partial charge in [-0.15, -0.1) is 0 Å². The molecule has 0 aliphatic heterocycles. The molecule has 0 spiro atoms. The van der Waals surface area contributed by atoms with Gasteiger partial charge in [0.2, 0.25) is 5.91 Å². The van der Waals surface area contributed by atoms with E-state index in [1.807, 2.05) is 25.1 Å². The first-order valence-corrected chi connectivity index (χ1v) is 10.4. The molecule has 0 unspecified atom stereocenters. The van der Waals surface area contributed by atoms with Crippen molar-refractivity contribution in [2.24, 2.45) is 5.92 Å². The molecule has 0 atom stereocenters. The molecule has 162 valence electrons. The fraction of sp³-hybridized carbons (Fsp3) is 0.583. The van der Waals surface area contributed by atoms with Gasteiger partial charge < -0.3 is 9.47 Å². The maximum Gasteiger partial charge on any atom is 0.417 e. The second kappa shape index (κ2) is 11.6. The third kappa shape index (κ3) is 9.64. The first-order valence-electron chi connectivity index (χ1n) is 10.4. The van der Waals surface area contributed by atoms with E-state index in [9.17, 15) is 9.59 Å². The topological polar surface area (TPSA) is 55.8 Å². The highest BCUT2D eigenvalue weighted by Crippen LogP contribution is 2.21. The minimum absolute atomic E-state index is 0.164. The summed E-state index contributed by atoms with van der Waals surface area (Å²) >= 11 is 0. The van der Waals surface area contributed by atoms with Crippen molar-refractivity contribution >= 4 is 12.0 Å². The average Bonchev–Trinajstić information content (AvgIpc) is 2.61. The van der Waals surface area contributed by atoms with E-state index in [1.165, 1.54) is 4.90 Å². The Kier molecular flexibility index (Phi) is 9.93. The lowest BCUT2D eigenvalue weighted by Gasteiger charge is -2.26. The van der Waals surface area contributed by atoms with E-state index < -0.39 is 11.7 Å². The maximum atomic E-state index is 12.8. The quantitative estimate of drug-likeness (QED) is 0.372.